The second-order valence-electron chi connectivity index (χ2n) is 3.69. The molecule has 0 bridgehead atoms. The van der Waals surface area contributed by atoms with Crippen LogP contribution in [-0.4, -0.2) is 9.97 Å². The molecule has 4 nitrogen and oxygen atoms in total. The van der Waals surface area contributed by atoms with Crippen LogP contribution in [0.4, 0.5) is 17.2 Å². The molecule has 1 aromatic carbocycles. The highest BCUT2D eigenvalue weighted by molar-refractivity contribution is 5.60. The highest BCUT2D eigenvalue weighted by Crippen LogP contribution is 2.18. The van der Waals surface area contributed by atoms with E-state index in [2.05, 4.69) is 15.3 Å². The molecule has 2 rings (SSSR count). The normalized spacial score (nSPS) is 10.1. The number of anilines is 3. The molecule has 0 unspecified atom stereocenters. The molecule has 1 heterocycles. The van der Waals surface area contributed by atoms with Gasteiger partial charge in [0, 0.05) is 17.6 Å². The fourth-order valence-electron chi connectivity index (χ4n) is 1.36. The van der Waals surface area contributed by atoms with Gasteiger partial charge in [-0.2, -0.15) is 0 Å². The van der Waals surface area contributed by atoms with Gasteiger partial charge < -0.3 is 11.1 Å². The Labute approximate surface area is 94.5 Å². The number of nitrogens with one attached hydrogen (secondary N) is 1. The molecule has 4 heteroatoms. The first-order valence-electron chi connectivity index (χ1n) is 5.08. The molecule has 0 saturated heterocycles. The summed E-state index contributed by atoms with van der Waals surface area (Å²) in [6.07, 6.45) is 1.75. The number of hydrogen-bond acceptors (Lipinski definition) is 4. The molecule has 0 aliphatic carbocycles. The van der Waals surface area contributed by atoms with Crippen molar-refractivity contribution in [2.45, 2.75) is 13.8 Å². The summed E-state index contributed by atoms with van der Waals surface area (Å²) in [7, 11) is 0. The largest absolute Gasteiger partial charge is 0.399 e. The highest BCUT2D eigenvalue weighted by Gasteiger charge is 2.01. The van der Waals surface area contributed by atoms with Gasteiger partial charge in [-0.1, -0.05) is 0 Å². The quantitative estimate of drug-likeness (QED) is 0.753. The zero-order valence-electron chi connectivity index (χ0n) is 9.36. The van der Waals surface area contributed by atoms with Crippen LogP contribution >= 0.6 is 0 Å². The Morgan fingerprint density at radius 1 is 1.12 bits per heavy atom. The number of nitrogen functional groups attached to an aromatic ring is 1. The molecule has 0 aliphatic rings. The van der Waals surface area contributed by atoms with E-state index in [-0.39, 0.29) is 0 Å². The zero-order chi connectivity index (χ0) is 11.5. The van der Waals surface area contributed by atoms with Crippen molar-refractivity contribution in [2.24, 2.45) is 0 Å². The van der Waals surface area contributed by atoms with Crippen LogP contribution in [0.25, 0.3) is 0 Å². The third kappa shape index (κ3) is 2.28. The third-order valence-corrected chi connectivity index (χ3v) is 2.25. The average molecular weight is 214 g/mol. The second-order valence-corrected chi connectivity index (χ2v) is 3.69. The third-order valence-electron chi connectivity index (χ3n) is 2.25. The van der Waals surface area contributed by atoms with E-state index in [0.717, 1.165) is 28.6 Å². The van der Waals surface area contributed by atoms with Gasteiger partial charge in [0.15, 0.2) is 5.82 Å². The number of aryl methyl sites for hydroxylation is 2. The SMILES string of the molecule is Cc1cnc(C)c(Nc2ccc(N)cc2)n1. The minimum absolute atomic E-state index is 0.748. The monoisotopic (exact) mass is 214 g/mol. The maximum Gasteiger partial charge on any atom is 0.152 e. The first kappa shape index (κ1) is 10.4. The molecule has 0 saturated carbocycles. The Morgan fingerprint density at radius 3 is 2.50 bits per heavy atom. The van der Waals surface area contributed by atoms with Gasteiger partial charge in [0.05, 0.1) is 11.4 Å². The van der Waals surface area contributed by atoms with Crippen LogP contribution in [-0.2, 0) is 0 Å². The summed E-state index contributed by atoms with van der Waals surface area (Å²) in [6.45, 7) is 3.84. The maximum absolute atomic E-state index is 5.62. The molecular weight excluding hydrogens is 200 g/mol. The van der Waals surface area contributed by atoms with Gasteiger partial charge in [-0.15, -0.1) is 0 Å². The van der Waals surface area contributed by atoms with Crippen LogP contribution in [0, 0.1) is 13.8 Å². The average Bonchev–Trinajstić information content (AvgIpc) is 2.27. The topological polar surface area (TPSA) is 63.8 Å². The number of nitrogens with zero attached hydrogens (tertiary/aromatic N) is 2. The lowest BCUT2D eigenvalue weighted by molar-refractivity contribution is 1.07. The van der Waals surface area contributed by atoms with Crippen molar-refractivity contribution in [3.8, 4) is 0 Å². The Hall–Kier alpha value is -2.10. The van der Waals surface area contributed by atoms with Gasteiger partial charge in [0.25, 0.3) is 0 Å². The molecule has 0 fully saturated rings. The summed E-state index contributed by atoms with van der Waals surface area (Å²) < 4.78 is 0. The van der Waals surface area contributed by atoms with Crippen LogP contribution in [0.5, 0.6) is 0 Å². The van der Waals surface area contributed by atoms with E-state index < -0.39 is 0 Å². The van der Waals surface area contributed by atoms with Crippen molar-refractivity contribution in [1.29, 1.82) is 0 Å². The summed E-state index contributed by atoms with van der Waals surface area (Å²) in [5, 5.41) is 3.21. The number of aromatic nitrogens is 2. The first-order valence-corrected chi connectivity index (χ1v) is 5.08. The number of hydrogen-bond donors (Lipinski definition) is 2. The van der Waals surface area contributed by atoms with Crippen molar-refractivity contribution in [1.82, 2.24) is 9.97 Å². The molecule has 2 aromatic rings. The fourth-order valence-corrected chi connectivity index (χ4v) is 1.36. The van der Waals surface area contributed by atoms with Crippen LogP contribution in [0.3, 0.4) is 0 Å². The van der Waals surface area contributed by atoms with Gasteiger partial charge in [-0.25, -0.2) is 4.98 Å². The standard InChI is InChI=1S/C12H14N4/c1-8-7-14-9(2)12(15-8)16-11-5-3-10(13)4-6-11/h3-7H,13H2,1-2H3,(H,15,16). The smallest absolute Gasteiger partial charge is 0.152 e. The highest BCUT2D eigenvalue weighted by atomic mass is 15.0. The molecule has 1 aromatic heterocycles. The van der Waals surface area contributed by atoms with Gasteiger partial charge in [0.1, 0.15) is 0 Å². The Kier molecular flexibility index (Phi) is 2.72. The van der Waals surface area contributed by atoms with Crippen molar-refractivity contribution in [2.75, 3.05) is 11.1 Å². The molecule has 82 valence electrons. The van der Waals surface area contributed by atoms with Crippen LogP contribution in [0.2, 0.25) is 0 Å². The van der Waals surface area contributed by atoms with Crippen LogP contribution in [0.15, 0.2) is 30.5 Å². The summed E-state index contributed by atoms with van der Waals surface area (Å²) >= 11 is 0. The molecule has 0 radical (unpaired) electrons. The summed E-state index contributed by atoms with van der Waals surface area (Å²) in [5.41, 5.74) is 9.09. The number of rotatable bonds is 2. The van der Waals surface area contributed by atoms with Gasteiger partial charge >= 0.3 is 0 Å². The maximum atomic E-state index is 5.62. The van der Waals surface area contributed by atoms with E-state index in [4.69, 9.17) is 5.73 Å². The molecular formula is C12H14N4. The molecule has 0 aliphatic heterocycles. The lowest BCUT2D eigenvalue weighted by atomic mass is 10.3. The van der Waals surface area contributed by atoms with E-state index in [1.54, 1.807) is 6.20 Å². The predicted octanol–water partition coefficient (Wildman–Crippen LogP) is 2.42. The predicted molar refractivity (Wildman–Crippen MR) is 65.6 cm³/mol. The number of nitrogens with two attached hydrogens (primary N) is 1. The molecule has 0 atom stereocenters. The van der Waals surface area contributed by atoms with Gasteiger partial charge in [0.2, 0.25) is 0 Å². The molecule has 3 N–H and O–H groups in total. The molecule has 16 heavy (non-hydrogen) atoms. The Morgan fingerprint density at radius 2 is 1.81 bits per heavy atom. The van der Waals surface area contributed by atoms with E-state index >= 15 is 0 Å². The number of benzene rings is 1. The minimum atomic E-state index is 0.748. The van der Waals surface area contributed by atoms with Crippen LogP contribution < -0.4 is 11.1 Å². The summed E-state index contributed by atoms with van der Waals surface area (Å²) in [5.74, 6) is 0.782. The van der Waals surface area contributed by atoms with Gasteiger partial charge in [-0.05, 0) is 38.1 Å². The van der Waals surface area contributed by atoms with E-state index in [0.29, 0.717) is 0 Å². The Balaban J connectivity index is 2.26. The van der Waals surface area contributed by atoms with Gasteiger partial charge in [-0.3, -0.25) is 4.98 Å². The lowest BCUT2D eigenvalue weighted by Gasteiger charge is -2.08. The van der Waals surface area contributed by atoms with Crippen molar-refractivity contribution >= 4 is 17.2 Å². The molecule has 0 amide bonds. The van der Waals surface area contributed by atoms with Crippen molar-refractivity contribution < 1.29 is 0 Å². The first-order chi connectivity index (χ1) is 7.65. The van der Waals surface area contributed by atoms with Crippen molar-refractivity contribution in [3.05, 3.63) is 41.9 Å². The van der Waals surface area contributed by atoms with Crippen molar-refractivity contribution in [3.63, 3.8) is 0 Å². The summed E-state index contributed by atoms with van der Waals surface area (Å²) in [4.78, 5) is 8.63. The molecule has 0 spiro atoms. The second kappa shape index (κ2) is 4.18. The lowest BCUT2D eigenvalue weighted by Crippen LogP contribution is -2.00. The van der Waals surface area contributed by atoms with E-state index in [1.807, 2.05) is 38.1 Å². The van der Waals surface area contributed by atoms with Crippen LogP contribution in [0.1, 0.15) is 11.4 Å². The van der Waals surface area contributed by atoms with E-state index in [1.165, 1.54) is 0 Å². The summed E-state index contributed by atoms with van der Waals surface area (Å²) in [6, 6.07) is 7.53. The fraction of sp³-hybridized carbons (Fsp3) is 0.167. The minimum Gasteiger partial charge on any atom is -0.399 e. The van der Waals surface area contributed by atoms with E-state index in [9.17, 15) is 0 Å². The Bertz CT molecular complexity index is 491. The zero-order valence-corrected chi connectivity index (χ0v) is 9.36.